The maximum Gasteiger partial charge on any atom is -0.0119 e. The smallest absolute Gasteiger partial charge is 0.0119 e. The van der Waals surface area contributed by atoms with Crippen molar-refractivity contribution in [2.75, 3.05) is 0 Å². The molecule has 0 aliphatic carbocycles. The maximum atomic E-state index is 2.36. The zero-order valence-corrected chi connectivity index (χ0v) is 17.0. The van der Waals surface area contributed by atoms with Crippen LogP contribution in [0.5, 0.6) is 0 Å². The summed E-state index contributed by atoms with van der Waals surface area (Å²) < 4.78 is 0. The van der Waals surface area contributed by atoms with Crippen molar-refractivity contribution in [3.8, 4) is 0 Å². The molecule has 0 radical (unpaired) electrons. The van der Waals surface area contributed by atoms with Gasteiger partial charge in [-0.05, 0) is 98.8 Å². The molecule has 1 heteroatoms. The average Bonchev–Trinajstić information content (AvgIpc) is 2.60. The Labute approximate surface area is 153 Å². The molecular weight excluding hydrogens is 319 g/mol. The van der Waals surface area contributed by atoms with Gasteiger partial charge in [0.1, 0.15) is 0 Å². The molecule has 3 rings (SSSR count). The highest BCUT2D eigenvalue weighted by Gasteiger charge is 2.22. The Kier molecular flexibility index (Phi) is 5.11. The highest BCUT2D eigenvalue weighted by molar-refractivity contribution is 7.80. The molecule has 25 heavy (non-hydrogen) atoms. The molecule has 3 aromatic carbocycles. The standard InChI is InChI=1S/C24H27P/c1-16-11-9-13-23(20(16)5)25(22-12-8-7-10-18(22)3)24-15-14-17(2)19(4)21(24)6/h7-15H,1-6H3. The van der Waals surface area contributed by atoms with Gasteiger partial charge in [0.05, 0.1) is 0 Å². The van der Waals surface area contributed by atoms with Gasteiger partial charge in [0.2, 0.25) is 0 Å². The molecule has 0 saturated heterocycles. The summed E-state index contributed by atoms with van der Waals surface area (Å²) in [6.07, 6.45) is 0. The third-order valence-electron chi connectivity index (χ3n) is 5.44. The molecule has 0 amide bonds. The Morgan fingerprint density at radius 1 is 0.440 bits per heavy atom. The van der Waals surface area contributed by atoms with Crippen LogP contribution in [0.15, 0.2) is 54.6 Å². The number of rotatable bonds is 3. The molecule has 0 saturated carbocycles. The van der Waals surface area contributed by atoms with E-state index in [2.05, 4.69) is 96.1 Å². The third-order valence-corrected chi connectivity index (χ3v) is 8.36. The van der Waals surface area contributed by atoms with E-state index in [0.29, 0.717) is 0 Å². The van der Waals surface area contributed by atoms with E-state index in [1.807, 2.05) is 0 Å². The summed E-state index contributed by atoms with van der Waals surface area (Å²) in [5, 5.41) is 4.44. The van der Waals surface area contributed by atoms with Crippen LogP contribution in [0.25, 0.3) is 0 Å². The van der Waals surface area contributed by atoms with Crippen molar-refractivity contribution < 1.29 is 0 Å². The van der Waals surface area contributed by atoms with E-state index in [9.17, 15) is 0 Å². The summed E-state index contributed by atoms with van der Waals surface area (Å²) in [5.41, 5.74) is 8.42. The highest BCUT2D eigenvalue weighted by atomic mass is 31.1. The lowest BCUT2D eigenvalue weighted by Gasteiger charge is -2.26. The van der Waals surface area contributed by atoms with Gasteiger partial charge >= 0.3 is 0 Å². The summed E-state index contributed by atoms with van der Waals surface area (Å²) in [6, 6.07) is 20.3. The van der Waals surface area contributed by atoms with Crippen LogP contribution in [0.4, 0.5) is 0 Å². The van der Waals surface area contributed by atoms with Gasteiger partial charge in [-0.3, -0.25) is 0 Å². The van der Waals surface area contributed by atoms with E-state index in [1.54, 1.807) is 0 Å². The van der Waals surface area contributed by atoms with Crippen LogP contribution in [0.2, 0.25) is 0 Å². The SMILES string of the molecule is Cc1ccccc1P(c1cccc(C)c1C)c1ccc(C)c(C)c1C. The van der Waals surface area contributed by atoms with E-state index in [-0.39, 0.29) is 0 Å². The second-order valence-corrected chi connectivity index (χ2v) is 9.11. The number of hydrogen-bond acceptors (Lipinski definition) is 0. The van der Waals surface area contributed by atoms with Crippen LogP contribution < -0.4 is 15.9 Å². The third kappa shape index (κ3) is 3.29. The lowest BCUT2D eigenvalue weighted by Crippen LogP contribution is -2.26. The highest BCUT2D eigenvalue weighted by Crippen LogP contribution is 2.37. The molecule has 1 atom stereocenters. The number of hydrogen-bond donors (Lipinski definition) is 0. The van der Waals surface area contributed by atoms with E-state index in [4.69, 9.17) is 0 Å². The van der Waals surface area contributed by atoms with Gasteiger partial charge in [-0.1, -0.05) is 54.6 Å². The molecule has 0 fully saturated rings. The summed E-state index contributed by atoms with van der Waals surface area (Å²) in [6.45, 7) is 13.5. The van der Waals surface area contributed by atoms with Crippen molar-refractivity contribution in [2.45, 2.75) is 41.5 Å². The minimum atomic E-state index is -0.553. The summed E-state index contributed by atoms with van der Waals surface area (Å²) in [7, 11) is -0.553. The Morgan fingerprint density at radius 2 is 1.00 bits per heavy atom. The van der Waals surface area contributed by atoms with E-state index >= 15 is 0 Å². The molecule has 0 aromatic heterocycles. The Hall–Kier alpha value is -1.91. The monoisotopic (exact) mass is 346 g/mol. The van der Waals surface area contributed by atoms with Crippen LogP contribution in [0, 0.1) is 41.5 Å². The lowest BCUT2D eigenvalue weighted by atomic mass is 10.1. The molecule has 0 bridgehead atoms. The first-order chi connectivity index (χ1) is 11.9. The van der Waals surface area contributed by atoms with Crippen molar-refractivity contribution in [2.24, 2.45) is 0 Å². The molecule has 0 spiro atoms. The fourth-order valence-corrected chi connectivity index (χ4v) is 6.28. The zero-order chi connectivity index (χ0) is 18.1. The zero-order valence-electron chi connectivity index (χ0n) is 16.1. The van der Waals surface area contributed by atoms with Crippen molar-refractivity contribution >= 4 is 23.8 Å². The summed E-state index contributed by atoms with van der Waals surface area (Å²) >= 11 is 0. The van der Waals surface area contributed by atoms with Gasteiger partial charge in [0.15, 0.2) is 0 Å². The van der Waals surface area contributed by atoms with Gasteiger partial charge in [0, 0.05) is 0 Å². The largest absolute Gasteiger partial charge is 0.0620 e. The predicted octanol–water partition coefficient (Wildman–Crippen LogP) is 5.30. The maximum absolute atomic E-state index is 2.36. The fraction of sp³-hybridized carbons (Fsp3) is 0.250. The van der Waals surface area contributed by atoms with Crippen LogP contribution in [0.1, 0.15) is 33.4 Å². The van der Waals surface area contributed by atoms with Crippen LogP contribution in [-0.4, -0.2) is 0 Å². The van der Waals surface area contributed by atoms with Crippen molar-refractivity contribution in [1.29, 1.82) is 0 Å². The molecule has 0 aliphatic rings. The summed E-state index contributed by atoms with van der Waals surface area (Å²) in [5.74, 6) is 0. The van der Waals surface area contributed by atoms with Gasteiger partial charge in [-0.25, -0.2) is 0 Å². The minimum Gasteiger partial charge on any atom is -0.0620 e. The molecule has 3 aromatic rings. The molecule has 0 nitrogen and oxygen atoms in total. The first-order valence-corrected chi connectivity index (χ1v) is 10.2. The average molecular weight is 346 g/mol. The van der Waals surface area contributed by atoms with Crippen molar-refractivity contribution in [3.63, 3.8) is 0 Å². The minimum absolute atomic E-state index is 0.553. The molecule has 1 unspecified atom stereocenters. The second kappa shape index (κ2) is 7.14. The number of aryl methyl sites for hydroxylation is 3. The van der Waals surface area contributed by atoms with Crippen LogP contribution in [0.3, 0.4) is 0 Å². The van der Waals surface area contributed by atoms with Crippen molar-refractivity contribution in [3.05, 3.63) is 88.0 Å². The van der Waals surface area contributed by atoms with Gasteiger partial charge in [-0.15, -0.1) is 0 Å². The van der Waals surface area contributed by atoms with Crippen LogP contribution >= 0.6 is 7.92 Å². The van der Waals surface area contributed by atoms with Gasteiger partial charge in [-0.2, -0.15) is 0 Å². The lowest BCUT2D eigenvalue weighted by molar-refractivity contribution is 1.28. The Balaban J connectivity index is 2.33. The van der Waals surface area contributed by atoms with Crippen LogP contribution in [-0.2, 0) is 0 Å². The molecule has 0 N–H and O–H groups in total. The topological polar surface area (TPSA) is 0 Å². The van der Waals surface area contributed by atoms with Gasteiger partial charge < -0.3 is 0 Å². The predicted molar refractivity (Wildman–Crippen MR) is 114 cm³/mol. The molecule has 0 heterocycles. The van der Waals surface area contributed by atoms with E-state index < -0.39 is 7.92 Å². The normalized spacial score (nSPS) is 12.2. The Morgan fingerprint density at radius 3 is 1.72 bits per heavy atom. The first-order valence-electron chi connectivity index (χ1n) is 8.90. The quantitative estimate of drug-likeness (QED) is 0.565. The number of benzene rings is 3. The molecule has 128 valence electrons. The summed E-state index contributed by atoms with van der Waals surface area (Å²) in [4.78, 5) is 0. The van der Waals surface area contributed by atoms with Gasteiger partial charge in [0.25, 0.3) is 0 Å². The molecular formula is C24H27P. The second-order valence-electron chi connectivity index (χ2n) is 6.99. The fourth-order valence-electron chi connectivity index (χ4n) is 3.37. The molecule has 0 aliphatic heterocycles. The first kappa shape index (κ1) is 17.9. The van der Waals surface area contributed by atoms with E-state index in [0.717, 1.165) is 0 Å². The van der Waals surface area contributed by atoms with E-state index in [1.165, 1.54) is 49.3 Å². The van der Waals surface area contributed by atoms with Crippen molar-refractivity contribution in [1.82, 2.24) is 0 Å². The Bertz CT molecular complexity index is 921.